The molecule has 0 bridgehead atoms. The van der Waals surface area contributed by atoms with E-state index in [4.69, 9.17) is 21.1 Å². The Hall–Kier alpha value is -3.23. The summed E-state index contributed by atoms with van der Waals surface area (Å²) in [6.07, 6.45) is 1.14. The number of para-hydroxylation sites is 1. The van der Waals surface area contributed by atoms with Crippen molar-refractivity contribution < 1.29 is 22.7 Å². The first-order valence-corrected chi connectivity index (χ1v) is 12.8. The largest absolute Gasteiger partial charge is 0.496 e. The Morgan fingerprint density at radius 2 is 1.68 bits per heavy atom. The normalized spacial score (nSPS) is 12.0. The Labute approximate surface area is 205 Å². The van der Waals surface area contributed by atoms with Crippen LogP contribution in [0, 0.1) is 0 Å². The summed E-state index contributed by atoms with van der Waals surface area (Å²) in [7, 11) is -1.97. The van der Waals surface area contributed by atoms with Crippen LogP contribution >= 0.6 is 11.6 Å². The highest BCUT2D eigenvalue weighted by Crippen LogP contribution is 2.27. The standard InChI is InChI=1S/C25H27ClN2O5S/c1-18(22-9-5-7-11-24(22)32-2)27-25(29)17-33-21-14-12-20(13-15-21)28(34(3,30)31)16-19-8-4-6-10-23(19)26/h4-15,18H,16-17H2,1-3H3,(H,27,29). The fourth-order valence-electron chi connectivity index (χ4n) is 3.42. The van der Waals surface area contributed by atoms with Gasteiger partial charge in [-0.15, -0.1) is 0 Å². The third kappa shape index (κ3) is 6.65. The fraction of sp³-hybridized carbons (Fsp3) is 0.240. The molecule has 0 aliphatic heterocycles. The van der Waals surface area contributed by atoms with Gasteiger partial charge in [0, 0.05) is 10.6 Å². The molecule has 1 amide bonds. The number of rotatable bonds is 10. The van der Waals surface area contributed by atoms with Crippen LogP contribution in [0.2, 0.25) is 5.02 Å². The summed E-state index contributed by atoms with van der Waals surface area (Å²) in [5.74, 6) is 0.841. The summed E-state index contributed by atoms with van der Waals surface area (Å²) in [5, 5.41) is 3.37. The van der Waals surface area contributed by atoms with Crippen LogP contribution in [-0.4, -0.2) is 34.3 Å². The van der Waals surface area contributed by atoms with Gasteiger partial charge < -0.3 is 14.8 Å². The fourth-order valence-corrected chi connectivity index (χ4v) is 4.50. The number of halogens is 1. The lowest BCUT2D eigenvalue weighted by atomic mass is 10.1. The van der Waals surface area contributed by atoms with Crippen molar-refractivity contribution in [3.63, 3.8) is 0 Å². The predicted molar refractivity (Wildman–Crippen MR) is 134 cm³/mol. The maximum Gasteiger partial charge on any atom is 0.258 e. The molecule has 0 fully saturated rings. The minimum absolute atomic E-state index is 0.0992. The van der Waals surface area contributed by atoms with Crippen LogP contribution in [0.5, 0.6) is 11.5 Å². The van der Waals surface area contributed by atoms with Crippen molar-refractivity contribution in [1.82, 2.24) is 5.32 Å². The van der Waals surface area contributed by atoms with E-state index in [2.05, 4.69) is 5.32 Å². The summed E-state index contributed by atoms with van der Waals surface area (Å²) in [5.41, 5.74) is 2.02. The zero-order chi connectivity index (χ0) is 24.7. The van der Waals surface area contributed by atoms with Crippen molar-refractivity contribution in [2.45, 2.75) is 19.5 Å². The average Bonchev–Trinajstić information content (AvgIpc) is 2.82. The topological polar surface area (TPSA) is 84.9 Å². The molecule has 9 heteroatoms. The van der Waals surface area contributed by atoms with E-state index in [1.165, 1.54) is 4.31 Å². The molecule has 0 saturated heterocycles. The van der Waals surface area contributed by atoms with Crippen LogP contribution in [0.15, 0.2) is 72.8 Å². The third-order valence-corrected chi connectivity index (χ3v) is 6.66. The highest BCUT2D eigenvalue weighted by atomic mass is 35.5. The number of ether oxygens (including phenoxy) is 2. The Bertz CT molecular complexity index is 1230. The maximum atomic E-state index is 12.4. The van der Waals surface area contributed by atoms with Crippen molar-refractivity contribution >= 4 is 33.2 Å². The summed E-state index contributed by atoms with van der Waals surface area (Å²) in [4.78, 5) is 12.4. The number of amides is 1. The van der Waals surface area contributed by atoms with E-state index < -0.39 is 10.0 Å². The molecule has 3 rings (SSSR count). The van der Waals surface area contributed by atoms with Gasteiger partial charge in [-0.1, -0.05) is 48.0 Å². The molecule has 34 heavy (non-hydrogen) atoms. The number of sulfonamides is 1. The predicted octanol–water partition coefficient (Wildman–Crippen LogP) is 4.57. The monoisotopic (exact) mass is 502 g/mol. The highest BCUT2D eigenvalue weighted by Gasteiger charge is 2.19. The van der Waals surface area contributed by atoms with Gasteiger partial charge in [0.1, 0.15) is 11.5 Å². The molecule has 180 valence electrons. The molecule has 0 spiro atoms. The van der Waals surface area contributed by atoms with Gasteiger partial charge in [0.2, 0.25) is 10.0 Å². The second-order valence-electron chi connectivity index (χ2n) is 7.67. The highest BCUT2D eigenvalue weighted by molar-refractivity contribution is 7.92. The van der Waals surface area contributed by atoms with Gasteiger partial charge in [-0.05, 0) is 48.9 Å². The summed E-state index contributed by atoms with van der Waals surface area (Å²) in [6, 6.07) is 20.8. The van der Waals surface area contributed by atoms with Gasteiger partial charge in [-0.2, -0.15) is 0 Å². The lowest BCUT2D eigenvalue weighted by molar-refractivity contribution is -0.123. The van der Waals surface area contributed by atoms with E-state index >= 15 is 0 Å². The molecule has 7 nitrogen and oxygen atoms in total. The molecular weight excluding hydrogens is 476 g/mol. The van der Waals surface area contributed by atoms with E-state index in [9.17, 15) is 13.2 Å². The first-order valence-electron chi connectivity index (χ1n) is 10.6. The smallest absolute Gasteiger partial charge is 0.258 e. The number of methoxy groups -OCH3 is 1. The van der Waals surface area contributed by atoms with Crippen molar-refractivity contribution in [2.75, 3.05) is 24.3 Å². The number of benzene rings is 3. The quantitative estimate of drug-likeness (QED) is 0.439. The molecule has 3 aromatic rings. The van der Waals surface area contributed by atoms with Crippen LogP contribution in [0.4, 0.5) is 5.69 Å². The number of hydrogen-bond donors (Lipinski definition) is 1. The minimum atomic E-state index is -3.56. The number of carbonyl (C=O) groups excluding carboxylic acids is 1. The third-order valence-electron chi connectivity index (χ3n) is 5.15. The van der Waals surface area contributed by atoms with E-state index in [-0.39, 0.29) is 25.1 Å². The van der Waals surface area contributed by atoms with Crippen molar-refractivity contribution in [2.24, 2.45) is 0 Å². The summed E-state index contributed by atoms with van der Waals surface area (Å²) < 4.78 is 37.0. The molecule has 0 saturated carbocycles. The zero-order valence-electron chi connectivity index (χ0n) is 19.2. The van der Waals surface area contributed by atoms with Crippen molar-refractivity contribution in [3.8, 4) is 11.5 Å². The molecular formula is C25H27ClN2O5S. The Balaban J connectivity index is 1.63. The van der Waals surface area contributed by atoms with Gasteiger partial charge in [-0.3, -0.25) is 9.10 Å². The van der Waals surface area contributed by atoms with E-state index in [1.807, 2.05) is 31.2 Å². The molecule has 0 radical (unpaired) electrons. The molecule has 0 heterocycles. The molecule has 0 aromatic heterocycles. The number of nitrogens with one attached hydrogen (secondary N) is 1. The molecule has 1 unspecified atom stereocenters. The van der Waals surface area contributed by atoms with Crippen LogP contribution in [0.3, 0.4) is 0 Å². The van der Waals surface area contributed by atoms with Crippen LogP contribution < -0.4 is 19.1 Å². The maximum absolute atomic E-state index is 12.4. The average molecular weight is 503 g/mol. The van der Waals surface area contributed by atoms with Gasteiger partial charge in [0.15, 0.2) is 6.61 Å². The Morgan fingerprint density at radius 1 is 1.03 bits per heavy atom. The van der Waals surface area contributed by atoms with Gasteiger partial charge in [-0.25, -0.2) is 8.42 Å². The van der Waals surface area contributed by atoms with Gasteiger partial charge in [0.25, 0.3) is 5.91 Å². The van der Waals surface area contributed by atoms with Crippen LogP contribution in [0.1, 0.15) is 24.1 Å². The molecule has 1 atom stereocenters. The van der Waals surface area contributed by atoms with Crippen LogP contribution in [0.25, 0.3) is 0 Å². The lowest BCUT2D eigenvalue weighted by Crippen LogP contribution is -2.31. The molecule has 0 aliphatic rings. The summed E-state index contributed by atoms with van der Waals surface area (Å²) in [6.45, 7) is 1.78. The first-order chi connectivity index (χ1) is 16.2. The molecule has 1 N–H and O–H groups in total. The van der Waals surface area contributed by atoms with Gasteiger partial charge in [0.05, 0.1) is 31.6 Å². The second-order valence-corrected chi connectivity index (χ2v) is 9.99. The van der Waals surface area contributed by atoms with Crippen LogP contribution in [-0.2, 0) is 21.4 Å². The Kier molecular flexibility index (Phi) is 8.41. The minimum Gasteiger partial charge on any atom is -0.496 e. The first kappa shape index (κ1) is 25.4. The molecule has 3 aromatic carbocycles. The Morgan fingerprint density at radius 3 is 2.32 bits per heavy atom. The number of hydrogen-bond acceptors (Lipinski definition) is 5. The van der Waals surface area contributed by atoms with Crippen molar-refractivity contribution in [1.29, 1.82) is 0 Å². The number of anilines is 1. The molecule has 0 aliphatic carbocycles. The number of nitrogens with zero attached hydrogens (tertiary/aromatic N) is 1. The van der Waals surface area contributed by atoms with E-state index in [0.717, 1.165) is 11.8 Å². The summed E-state index contributed by atoms with van der Waals surface area (Å²) >= 11 is 6.21. The SMILES string of the molecule is COc1ccccc1C(C)NC(=O)COc1ccc(N(Cc2ccccc2Cl)S(C)(=O)=O)cc1. The lowest BCUT2D eigenvalue weighted by Gasteiger charge is -2.23. The van der Waals surface area contributed by atoms with E-state index in [1.54, 1.807) is 55.6 Å². The van der Waals surface area contributed by atoms with Gasteiger partial charge >= 0.3 is 0 Å². The zero-order valence-corrected chi connectivity index (χ0v) is 20.8. The number of carbonyl (C=O) groups is 1. The van der Waals surface area contributed by atoms with Crippen molar-refractivity contribution in [3.05, 3.63) is 88.9 Å². The second kappa shape index (κ2) is 11.3. The van der Waals surface area contributed by atoms with E-state index in [0.29, 0.717) is 27.8 Å².